The number of ether oxygens (including phenoxy) is 1. The largest absolute Gasteiger partial charge is 0.460 e. The van der Waals surface area contributed by atoms with Crippen LogP contribution in [0.2, 0.25) is 0 Å². The van der Waals surface area contributed by atoms with Gasteiger partial charge in [-0.25, -0.2) is 0 Å². The molecule has 7 heteroatoms. The highest BCUT2D eigenvalue weighted by Gasteiger charge is 2.23. The van der Waals surface area contributed by atoms with Crippen molar-refractivity contribution < 1.29 is 22.5 Å². The molecule has 0 fully saturated rings. The van der Waals surface area contributed by atoms with Crippen LogP contribution in [-0.2, 0) is 26.3 Å². The zero-order valence-electron chi connectivity index (χ0n) is 12.9. The Balaban J connectivity index is 2.43. The van der Waals surface area contributed by atoms with Crippen molar-refractivity contribution in [2.45, 2.75) is 32.9 Å². The Bertz CT molecular complexity index is 557. The zero-order valence-corrected chi connectivity index (χ0v) is 13.7. The van der Waals surface area contributed by atoms with Gasteiger partial charge < -0.3 is 10.1 Å². The molecule has 1 aromatic carbocycles. The van der Waals surface area contributed by atoms with Crippen LogP contribution >= 0.6 is 0 Å². The normalized spacial score (nSPS) is 13.1. The molecule has 0 saturated heterocycles. The second kappa shape index (κ2) is 8.87. The molecule has 0 aliphatic carbocycles. The Hall–Kier alpha value is -1.44. The van der Waals surface area contributed by atoms with E-state index in [9.17, 15) is 13.2 Å². The summed E-state index contributed by atoms with van der Waals surface area (Å²) in [5.41, 5.74) is 0.907. The molecule has 0 saturated carbocycles. The van der Waals surface area contributed by atoms with Gasteiger partial charge in [0, 0.05) is 0 Å². The molecular weight excluding hydrogens is 306 g/mol. The van der Waals surface area contributed by atoms with Crippen LogP contribution in [0.25, 0.3) is 0 Å². The van der Waals surface area contributed by atoms with Crippen LogP contribution in [-0.4, -0.2) is 37.3 Å². The molecule has 0 spiro atoms. The summed E-state index contributed by atoms with van der Waals surface area (Å²) in [7, 11) is -3.96. The minimum atomic E-state index is -3.96. The lowest BCUT2D eigenvalue weighted by Crippen LogP contribution is -2.42. The van der Waals surface area contributed by atoms with Crippen molar-refractivity contribution in [1.29, 1.82) is 0 Å². The Morgan fingerprint density at radius 2 is 1.91 bits per heavy atom. The molecule has 0 bridgehead atoms. The molecule has 6 nitrogen and oxygen atoms in total. The van der Waals surface area contributed by atoms with Crippen molar-refractivity contribution >= 4 is 16.1 Å². The Morgan fingerprint density at radius 1 is 1.27 bits per heavy atom. The van der Waals surface area contributed by atoms with E-state index in [0.29, 0.717) is 6.54 Å². The Morgan fingerprint density at radius 3 is 2.45 bits per heavy atom. The van der Waals surface area contributed by atoms with E-state index in [1.165, 1.54) is 0 Å². The van der Waals surface area contributed by atoms with E-state index in [0.717, 1.165) is 5.56 Å². The van der Waals surface area contributed by atoms with E-state index in [1.807, 2.05) is 44.2 Å². The molecule has 0 unspecified atom stereocenters. The van der Waals surface area contributed by atoms with Crippen LogP contribution in [0, 0.1) is 5.92 Å². The van der Waals surface area contributed by atoms with Crippen LogP contribution < -0.4 is 5.32 Å². The van der Waals surface area contributed by atoms with Gasteiger partial charge in [-0.3, -0.25) is 9.35 Å². The first-order valence-electron chi connectivity index (χ1n) is 7.18. The molecule has 124 valence electrons. The van der Waals surface area contributed by atoms with Crippen molar-refractivity contribution in [2.24, 2.45) is 5.92 Å². The highest BCUT2D eigenvalue weighted by molar-refractivity contribution is 7.85. The fraction of sp³-hybridized carbons (Fsp3) is 0.533. The molecule has 0 heterocycles. The first-order chi connectivity index (χ1) is 10.3. The number of nitrogens with one attached hydrogen (secondary N) is 1. The first kappa shape index (κ1) is 18.6. The molecule has 0 aliphatic rings. The lowest BCUT2D eigenvalue weighted by atomic mass is 10.0. The van der Waals surface area contributed by atoms with Gasteiger partial charge in [0.05, 0.1) is 5.75 Å². The third-order valence-corrected chi connectivity index (χ3v) is 3.89. The molecule has 1 aromatic rings. The van der Waals surface area contributed by atoms with E-state index in [-0.39, 0.29) is 30.7 Å². The van der Waals surface area contributed by atoms with E-state index in [4.69, 9.17) is 9.29 Å². The van der Waals surface area contributed by atoms with Crippen molar-refractivity contribution in [3.05, 3.63) is 35.9 Å². The van der Waals surface area contributed by atoms with Crippen LogP contribution in [0.15, 0.2) is 30.3 Å². The summed E-state index contributed by atoms with van der Waals surface area (Å²) in [5, 5.41) is 2.98. The van der Waals surface area contributed by atoms with Gasteiger partial charge in [-0.05, 0) is 24.4 Å². The zero-order chi connectivity index (χ0) is 16.6. The average molecular weight is 329 g/mol. The van der Waals surface area contributed by atoms with Gasteiger partial charge >= 0.3 is 5.97 Å². The van der Waals surface area contributed by atoms with E-state index >= 15 is 0 Å². The average Bonchev–Trinajstić information content (AvgIpc) is 2.44. The van der Waals surface area contributed by atoms with E-state index in [1.54, 1.807) is 0 Å². The van der Waals surface area contributed by atoms with Crippen molar-refractivity contribution in [1.82, 2.24) is 5.32 Å². The lowest BCUT2D eigenvalue weighted by molar-refractivity contribution is -0.148. The standard InChI is InChI=1S/C15H23NO5S/c1-12(2)14(16-9-6-10-22(18,19)20)15(17)21-11-13-7-4-3-5-8-13/h3-5,7-8,12,14,16H,6,9-11H2,1-2H3,(H,18,19,20)/t14-/m0/s1. The molecule has 22 heavy (non-hydrogen) atoms. The molecule has 0 aromatic heterocycles. The number of hydrogen-bond donors (Lipinski definition) is 2. The molecule has 0 aliphatic heterocycles. The molecule has 1 atom stereocenters. The van der Waals surface area contributed by atoms with Gasteiger partial charge in [0.15, 0.2) is 0 Å². The van der Waals surface area contributed by atoms with Gasteiger partial charge in [-0.1, -0.05) is 44.2 Å². The van der Waals surface area contributed by atoms with Crippen molar-refractivity contribution in [3.63, 3.8) is 0 Å². The van der Waals surface area contributed by atoms with Crippen LogP contribution in [0.5, 0.6) is 0 Å². The highest BCUT2D eigenvalue weighted by Crippen LogP contribution is 2.07. The van der Waals surface area contributed by atoms with Gasteiger partial charge in [0.1, 0.15) is 12.6 Å². The summed E-state index contributed by atoms with van der Waals surface area (Å²) in [4.78, 5) is 12.1. The number of esters is 1. The van der Waals surface area contributed by atoms with Crippen LogP contribution in [0.3, 0.4) is 0 Å². The quantitative estimate of drug-likeness (QED) is 0.406. The predicted molar refractivity (Wildman–Crippen MR) is 83.9 cm³/mol. The first-order valence-corrected chi connectivity index (χ1v) is 8.79. The number of rotatable bonds is 9. The lowest BCUT2D eigenvalue weighted by Gasteiger charge is -2.20. The van der Waals surface area contributed by atoms with Crippen molar-refractivity contribution in [3.8, 4) is 0 Å². The van der Waals surface area contributed by atoms with Gasteiger partial charge in [0.2, 0.25) is 0 Å². The number of carbonyl (C=O) groups excluding carboxylic acids is 1. The third-order valence-electron chi connectivity index (χ3n) is 3.09. The molecule has 0 radical (unpaired) electrons. The maximum absolute atomic E-state index is 12.1. The summed E-state index contributed by atoms with van der Waals surface area (Å²) in [6.45, 7) is 4.27. The topological polar surface area (TPSA) is 92.7 Å². The SMILES string of the molecule is CC(C)[C@H](NCCCS(=O)(=O)O)C(=O)OCc1ccccc1. The fourth-order valence-electron chi connectivity index (χ4n) is 1.92. The number of carbonyl (C=O) groups is 1. The summed E-state index contributed by atoms with van der Waals surface area (Å²) >= 11 is 0. The van der Waals surface area contributed by atoms with Gasteiger partial charge in [-0.2, -0.15) is 8.42 Å². The minimum Gasteiger partial charge on any atom is -0.460 e. The smallest absolute Gasteiger partial charge is 0.323 e. The molecule has 1 rings (SSSR count). The predicted octanol–water partition coefficient (Wildman–Crippen LogP) is 1.62. The fourth-order valence-corrected chi connectivity index (χ4v) is 2.43. The summed E-state index contributed by atoms with van der Waals surface area (Å²) < 4.78 is 35.2. The highest BCUT2D eigenvalue weighted by atomic mass is 32.2. The molecule has 0 amide bonds. The second-order valence-electron chi connectivity index (χ2n) is 5.41. The minimum absolute atomic E-state index is 0.00834. The second-order valence-corrected chi connectivity index (χ2v) is 6.98. The van der Waals surface area contributed by atoms with Gasteiger partial charge in [0.25, 0.3) is 10.1 Å². The Labute approximate surface area is 131 Å². The van der Waals surface area contributed by atoms with Crippen molar-refractivity contribution in [2.75, 3.05) is 12.3 Å². The molecule has 2 N–H and O–H groups in total. The third kappa shape index (κ3) is 7.53. The maximum atomic E-state index is 12.1. The monoisotopic (exact) mass is 329 g/mol. The summed E-state index contributed by atoms with van der Waals surface area (Å²) in [6.07, 6.45) is 0.230. The molecular formula is C15H23NO5S. The van der Waals surface area contributed by atoms with Crippen LogP contribution in [0.1, 0.15) is 25.8 Å². The van der Waals surface area contributed by atoms with Crippen LogP contribution in [0.4, 0.5) is 0 Å². The van der Waals surface area contributed by atoms with E-state index in [2.05, 4.69) is 5.32 Å². The summed E-state index contributed by atoms with van der Waals surface area (Å²) in [6, 6.07) is 8.87. The maximum Gasteiger partial charge on any atom is 0.323 e. The number of hydrogen-bond acceptors (Lipinski definition) is 5. The summed E-state index contributed by atoms with van der Waals surface area (Å²) in [5.74, 6) is -0.691. The number of benzene rings is 1. The Kier molecular flexibility index (Phi) is 7.50. The van der Waals surface area contributed by atoms with Gasteiger partial charge in [-0.15, -0.1) is 0 Å². The van der Waals surface area contributed by atoms with E-state index < -0.39 is 16.2 Å².